The average molecular weight is 254 g/mol. The van der Waals surface area contributed by atoms with Gasteiger partial charge in [0.2, 0.25) is 5.91 Å². The second-order valence-corrected chi connectivity index (χ2v) is 4.45. The SMILES string of the molecule is CCC(CCl)NC(=O)C(CC)c1ccccc1. The fraction of sp³-hybridized carbons (Fsp3) is 0.500. The highest BCUT2D eigenvalue weighted by molar-refractivity contribution is 6.18. The number of hydrogen-bond donors (Lipinski definition) is 1. The number of halogens is 1. The van der Waals surface area contributed by atoms with Gasteiger partial charge in [0.25, 0.3) is 0 Å². The van der Waals surface area contributed by atoms with Gasteiger partial charge in [-0.2, -0.15) is 0 Å². The normalized spacial score (nSPS) is 14.1. The summed E-state index contributed by atoms with van der Waals surface area (Å²) in [6.45, 7) is 4.05. The Hall–Kier alpha value is -1.02. The highest BCUT2D eigenvalue weighted by atomic mass is 35.5. The van der Waals surface area contributed by atoms with Crippen molar-refractivity contribution in [1.82, 2.24) is 5.32 Å². The molecule has 3 heteroatoms. The third-order valence-corrected chi connectivity index (χ3v) is 3.32. The second-order valence-electron chi connectivity index (χ2n) is 4.14. The van der Waals surface area contributed by atoms with Gasteiger partial charge in [-0.25, -0.2) is 0 Å². The zero-order valence-electron chi connectivity index (χ0n) is 10.4. The Morgan fingerprint density at radius 3 is 2.35 bits per heavy atom. The summed E-state index contributed by atoms with van der Waals surface area (Å²) in [6, 6.07) is 9.95. The van der Waals surface area contributed by atoms with E-state index in [-0.39, 0.29) is 17.9 Å². The molecule has 0 fully saturated rings. The van der Waals surface area contributed by atoms with Crippen LogP contribution in [0.4, 0.5) is 0 Å². The molecular formula is C14H20ClNO. The summed E-state index contributed by atoms with van der Waals surface area (Å²) in [5.41, 5.74) is 1.07. The van der Waals surface area contributed by atoms with Crippen LogP contribution in [0.2, 0.25) is 0 Å². The van der Waals surface area contributed by atoms with E-state index in [4.69, 9.17) is 11.6 Å². The molecule has 0 radical (unpaired) electrons. The number of carbonyl (C=O) groups is 1. The van der Waals surface area contributed by atoms with Crippen LogP contribution < -0.4 is 5.32 Å². The fourth-order valence-corrected chi connectivity index (χ4v) is 2.10. The Kier molecular flexibility index (Phi) is 6.06. The lowest BCUT2D eigenvalue weighted by molar-refractivity contribution is -0.123. The molecule has 94 valence electrons. The van der Waals surface area contributed by atoms with Crippen LogP contribution in [0.1, 0.15) is 38.2 Å². The highest BCUT2D eigenvalue weighted by Crippen LogP contribution is 2.19. The Morgan fingerprint density at radius 2 is 1.88 bits per heavy atom. The first-order valence-corrected chi connectivity index (χ1v) is 6.67. The van der Waals surface area contributed by atoms with E-state index in [1.807, 2.05) is 44.2 Å². The summed E-state index contributed by atoms with van der Waals surface area (Å²) in [5, 5.41) is 2.99. The Morgan fingerprint density at radius 1 is 1.24 bits per heavy atom. The second kappa shape index (κ2) is 7.33. The molecular weight excluding hydrogens is 234 g/mol. The monoisotopic (exact) mass is 253 g/mol. The summed E-state index contributed by atoms with van der Waals surface area (Å²) < 4.78 is 0. The van der Waals surface area contributed by atoms with Crippen LogP contribution in [0, 0.1) is 0 Å². The first-order valence-electron chi connectivity index (χ1n) is 6.14. The lowest BCUT2D eigenvalue weighted by atomic mass is 9.95. The third kappa shape index (κ3) is 4.04. The van der Waals surface area contributed by atoms with Crippen molar-refractivity contribution in [2.45, 2.75) is 38.6 Å². The van der Waals surface area contributed by atoms with Gasteiger partial charge in [0.15, 0.2) is 0 Å². The van der Waals surface area contributed by atoms with E-state index in [0.717, 1.165) is 18.4 Å². The van der Waals surface area contributed by atoms with Crippen LogP contribution in [0.15, 0.2) is 30.3 Å². The molecule has 2 atom stereocenters. The van der Waals surface area contributed by atoms with Gasteiger partial charge in [-0.05, 0) is 18.4 Å². The van der Waals surface area contributed by atoms with Gasteiger partial charge in [-0.15, -0.1) is 11.6 Å². The molecule has 1 amide bonds. The van der Waals surface area contributed by atoms with Crippen LogP contribution in [0.3, 0.4) is 0 Å². The summed E-state index contributed by atoms with van der Waals surface area (Å²) in [4.78, 5) is 12.1. The van der Waals surface area contributed by atoms with Crippen molar-refractivity contribution in [2.75, 3.05) is 5.88 Å². The molecule has 0 saturated carbocycles. The minimum Gasteiger partial charge on any atom is -0.352 e. The number of nitrogens with one attached hydrogen (secondary N) is 1. The van der Waals surface area contributed by atoms with E-state index in [0.29, 0.717) is 5.88 Å². The Labute approximate surface area is 108 Å². The molecule has 1 aromatic carbocycles. The largest absolute Gasteiger partial charge is 0.352 e. The molecule has 2 nitrogen and oxygen atoms in total. The summed E-state index contributed by atoms with van der Waals surface area (Å²) >= 11 is 5.79. The molecule has 17 heavy (non-hydrogen) atoms. The van der Waals surface area contributed by atoms with Crippen molar-refractivity contribution < 1.29 is 4.79 Å². The maximum Gasteiger partial charge on any atom is 0.227 e. The van der Waals surface area contributed by atoms with E-state index in [1.54, 1.807) is 0 Å². The smallest absolute Gasteiger partial charge is 0.227 e. The molecule has 0 aromatic heterocycles. The zero-order valence-corrected chi connectivity index (χ0v) is 11.2. The van der Waals surface area contributed by atoms with Crippen LogP contribution in [-0.2, 0) is 4.79 Å². The maximum absolute atomic E-state index is 12.1. The predicted molar refractivity (Wildman–Crippen MR) is 72.4 cm³/mol. The molecule has 1 aromatic rings. The molecule has 0 aliphatic rings. The topological polar surface area (TPSA) is 29.1 Å². The molecule has 0 spiro atoms. The molecule has 0 bridgehead atoms. The van der Waals surface area contributed by atoms with Crippen molar-refractivity contribution in [1.29, 1.82) is 0 Å². The number of alkyl halides is 1. The Balaban J connectivity index is 2.71. The number of hydrogen-bond acceptors (Lipinski definition) is 1. The minimum atomic E-state index is -0.0755. The molecule has 1 rings (SSSR count). The number of carbonyl (C=O) groups excluding carboxylic acids is 1. The summed E-state index contributed by atoms with van der Waals surface area (Å²) in [7, 11) is 0. The third-order valence-electron chi connectivity index (χ3n) is 2.95. The minimum absolute atomic E-state index is 0.0712. The summed E-state index contributed by atoms with van der Waals surface area (Å²) in [5.74, 6) is 0.465. The zero-order chi connectivity index (χ0) is 12.7. The standard InChI is InChI=1S/C14H20ClNO/c1-3-12(10-15)16-14(17)13(4-2)11-8-6-5-7-9-11/h5-9,12-13H,3-4,10H2,1-2H3,(H,16,17). The highest BCUT2D eigenvalue weighted by Gasteiger charge is 2.20. The van der Waals surface area contributed by atoms with Crippen LogP contribution >= 0.6 is 11.6 Å². The van der Waals surface area contributed by atoms with Crippen molar-refractivity contribution in [2.24, 2.45) is 0 Å². The van der Waals surface area contributed by atoms with Gasteiger partial charge >= 0.3 is 0 Å². The molecule has 2 unspecified atom stereocenters. The van der Waals surface area contributed by atoms with Gasteiger partial charge in [0.05, 0.1) is 5.92 Å². The van der Waals surface area contributed by atoms with Crippen LogP contribution in [0.5, 0.6) is 0 Å². The van der Waals surface area contributed by atoms with Crippen LogP contribution in [0.25, 0.3) is 0 Å². The van der Waals surface area contributed by atoms with Gasteiger partial charge in [-0.1, -0.05) is 44.2 Å². The van der Waals surface area contributed by atoms with E-state index in [2.05, 4.69) is 5.32 Å². The van der Waals surface area contributed by atoms with Crippen molar-refractivity contribution in [3.8, 4) is 0 Å². The number of amides is 1. The number of rotatable bonds is 6. The number of benzene rings is 1. The molecule has 0 heterocycles. The van der Waals surface area contributed by atoms with Gasteiger partial charge < -0.3 is 5.32 Å². The predicted octanol–water partition coefficient (Wildman–Crippen LogP) is 3.31. The fourth-order valence-electron chi connectivity index (χ4n) is 1.81. The van der Waals surface area contributed by atoms with Gasteiger partial charge in [-0.3, -0.25) is 4.79 Å². The van der Waals surface area contributed by atoms with Gasteiger partial charge in [0, 0.05) is 11.9 Å². The molecule has 0 aliphatic heterocycles. The first kappa shape index (κ1) is 14.0. The van der Waals surface area contributed by atoms with E-state index in [1.165, 1.54) is 0 Å². The van der Waals surface area contributed by atoms with E-state index < -0.39 is 0 Å². The first-order chi connectivity index (χ1) is 8.22. The lowest BCUT2D eigenvalue weighted by Gasteiger charge is -2.19. The van der Waals surface area contributed by atoms with E-state index in [9.17, 15) is 4.79 Å². The molecule has 0 aliphatic carbocycles. The van der Waals surface area contributed by atoms with Crippen LogP contribution in [-0.4, -0.2) is 17.8 Å². The van der Waals surface area contributed by atoms with Crippen molar-refractivity contribution in [3.63, 3.8) is 0 Å². The van der Waals surface area contributed by atoms with Gasteiger partial charge in [0.1, 0.15) is 0 Å². The van der Waals surface area contributed by atoms with E-state index >= 15 is 0 Å². The summed E-state index contributed by atoms with van der Waals surface area (Å²) in [6.07, 6.45) is 1.66. The average Bonchev–Trinajstić information content (AvgIpc) is 2.38. The molecule has 1 N–H and O–H groups in total. The lowest BCUT2D eigenvalue weighted by Crippen LogP contribution is -2.38. The molecule has 0 saturated heterocycles. The van der Waals surface area contributed by atoms with Crippen molar-refractivity contribution in [3.05, 3.63) is 35.9 Å². The Bertz CT molecular complexity index is 335. The van der Waals surface area contributed by atoms with Crippen molar-refractivity contribution >= 4 is 17.5 Å². The quantitative estimate of drug-likeness (QED) is 0.775. The maximum atomic E-state index is 12.1.